The van der Waals surface area contributed by atoms with Crippen LogP contribution in [0.2, 0.25) is 0 Å². The van der Waals surface area contributed by atoms with Crippen LogP contribution in [0.5, 0.6) is 0 Å². The molecule has 0 amide bonds. The molecule has 2 fully saturated rings. The van der Waals surface area contributed by atoms with E-state index in [1.165, 1.54) is 24.8 Å². The summed E-state index contributed by atoms with van der Waals surface area (Å²) in [6, 6.07) is 0. The molecule has 0 aliphatic heterocycles. The number of allylic oxidation sites excluding steroid dienone is 1. The highest BCUT2D eigenvalue weighted by Crippen LogP contribution is 2.58. The van der Waals surface area contributed by atoms with Gasteiger partial charge in [0.1, 0.15) is 0 Å². The SMILES string of the molecule is CC1(C)/C(=C\CO)[C@H]2CC[C@@H]1C2. The molecule has 68 valence electrons. The Morgan fingerprint density at radius 3 is 2.75 bits per heavy atom. The maximum Gasteiger partial charge on any atom is 0.0615 e. The van der Waals surface area contributed by atoms with Crippen molar-refractivity contribution < 1.29 is 5.11 Å². The minimum Gasteiger partial charge on any atom is -0.392 e. The van der Waals surface area contributed by atoms with Gasteiger partial charge in [0.25, 0.3) is 0 Å². The summed E-state index contributed by atoms with van der Waals surface area (Å²) in [6.07, 6.45) is 6.18. The minimum absolute atomic E-state index is 0.224. The number of fused-ring (bicyclic) bond motifs is 2. The summed E-state index contributed by atoms with van der Waals surface area (Å²) in [7, 11) is 0. The number of hydrogen-bond acceptors (Lipinski definition) is 1. The van der Waals surface area contributed by atoms with E-state index in [1.807, 2.05) is 6.08 Å². The van der Waals surface area contributed by atoms with E-state index in [1.54, 1.807) is 0 Å². The predicted molar refractivity (Wildman–Crippen MR) is 49.8 cm³/mol. The first-order valence-electron chi connectivity index (χ1n) is 4.97. The van der Waals surface area contributed by atoms with E-state index in [-0.39, 0.29) is 6.61 Å². The molecular formula is C11H18O. The first-order chi connectivity index (χ1) is 5.66. The summed E-state index contributed by atoms with van der Waals surface area (Å²) in [6.45, 7) is 4.89. The molecule has 1 heteroatoms. The van der Waals surface area contributed by atoms with Gasteiger partial charge in [0, 0.05) is 0 Å². The molecule has 2 bridgehead atoms. The molecule has 0 aromatic rings. The van der Waals surface area contributed by atoms with Gasteiger partial charge in [-0.15, -0.1) is 0 Å². The minimum atomic E-state index is 0.224. The Bertz CT molecular complexity index is 215. The molecule has 0 spiro atoms. The Balaban J connectivity index is 2.29. The second-order valence-corrected chi connectivity index (χ2v) is 4.77. The van der Waals surface area contributed by atoms with Crippen LogP contribution >= 0.6 is 0 Å². The zero-order valence-electron chi connectivity index (χ0n) is 8.01. The zero-order valence-corrected chi connectivity index (χ0v) is 8.01. The molecule has 0 heterocycles. The second-order valence-electron chi connectivity index (χ2n) is 4.77. The average Bonchev–Trinajstić information content (AvgIpc) is 2.53. The van der Waals surface area contributed by atoms with Crippen LogP contribution in [-0.2, 0) is 0 Å². The fourth-order valence-corrected chi connectivity index (χ4v) is 3.21. The van der Waals surface area contributed by atoms with Crippen molar-refractivity contribution in [2.24, 2.45) is 17.3 Å². The molecule has 2 aliphatic carbocycles. The van der Waals surface area contributed by atoms with Gasteiger partial charge in [-0.25, -0.2) is 0 Å². The normalized spacial score (nSPS) is 41.1. The largest absolute Gasteiger partial charge is 0.392 e. The molecule has 2 saturated carbocycles. The summed E-state index contributed by atoms with van der Waals surface area (Å²) in [5, 5.41) is 8.91. The van der Waals surface area contributed by atoms with Crippen LogP contribution < -0.4 is 0 Å². The van der Waals surface area contributed by atoms with E-state index in [4.69, 9.17) is 5.11 Å². The van der Waals surface area contributed by atoms with E-state index < -0.39 is 0 Å². The van der Waals surface area contributed by atoms with Gasteiger partial charge in [-0.1, -0.05) is 25.5 Å². The van der Waals surface area contributed by atoms with Crippen LogP contribution in [0.1, 0.15) is 33.1 Å². The van der Waals surface area contributed by atoms with Gasteiger partial charge in [-0.05, 0) is 36.5 Å². The lowest BCUT2D eigenvalue weighted by atomic mass is 9.73. The van der Waals surface area contributed by atoms with E-state index in [0.717, 1.165) is 11.8 Å². The van der Waals surface area contributed by atoms with E-state index in [0.29, 0.717) is 5.41 Å². The van der Waals surface area contributed by atoms with Gasteiger partial charge in [-0.3, -0.25) is 0 Å². The number of aliphatic hydroxyl groups excluding tert-OH is 1. The highest BCUT2D eigenvalue weighted by molar-refractivity contribution is 5.25. The van der Waals surface area contributed by atoms with Crippen LogP contribution in [0.4, 0.5) is 0 Å². The van der Waals surface area contributed by atoms with Crippen LogP contribution in [0.15, 0.2) is 11.6 Å². The predicted octanol–water partition coefficient (Wildman–Crippen LogP) is 2.36. The lowest BCUT2D eigenvalue weighted by molar-refractivity contribution is 0.280. The van der Waals surface area contributed by atoms with Gasteiger partial charge in [0.15, 0.2) is 0 Å². The van der Waals surface area contributed by atoms with Gasteiger partial charge in [0.2, 0.25) is 0 Å². The van der Waals surface area contributed by atoms with Gasteiger partial charge < -0.3 is 5.11 Å². The Morgan fingerprint density at radius 1 is 1.50 bits per heavy atom. The van der Waals surface area contributed by atoms with Crippen LogP contribution in [0.3, 0.4) is 0 Å². The van der Waals surface area contributed by atoms with Crippen molar-refractivity contribution in [3.63, 3.8) is 0 Å². The summed E-state index contributed by atoms with van der Waals surface area (Å²) < 4.78 is 0. The number of aliphatic hydroxyl groups is 1. The standard InChI is InChI=1S/C11H18O/c1-11(2)9-4-3-8(7-9)10(11)5-6-12/h5,8-9,12H,3-4,6-7H2,1-2H3/b10-5-/t8-,9+/m0/s1. The monoisotopic (exact) mass is 166 g/mol. The molecule has 2 atom stereocenters. The Hall–Kier alpha value is -0.300. The van der Waals surface area contributed by atoms with Gasteiger partial charge in [-0.2, -0.15) is 0 Å². The van der Waals surface area contributed by atoms with Crippen molar-refractivity contribution in [2.75, 3.05) is 6.61 Å². The van der Waals surface area contributed by atoms with Crippen molar-refractivity contribution in [1.82, 2.24) is 0 Å². The molecule has 0 aromatic heterocycles. The van der Waals surface area contributed by atoms with E-state index >= 15 is 0 Å². The third-order valence-corrected chi connectivity index (χ3v) is 3.95. The summed E-state index contributed by atoms with van der Waals surface area (Å²) in [4.78, 5) is 0. The van der Waals surface area contributed by atoms with Crippen LogP contribution in [0, 0.1) is 17.3 Å². The third-order valence-electron chi connectivity index (χ3n) is 3.95. The lowest BCUT2D eigenvalue weighted by Crippen LogP contribution is -2.23. The fraction of sp³-hybridized carbons (Fsp3) is 0.818. The van der Waals surface area contributed by atoms with Crippen molar-refractivity contribution in [3.8, 4) is 0 Å². The van der Waals surface area contributed by atoms with E-state index in [2.05, 4.69) is 13.8 Å². The third kappa shape index (κ3) is 0.957. The first kappa shape index (κ1) is 8.31. The van der Waals surface area contributed by atoms with Crippen molar-refractivity contribution in [2.45, 2.75) is 33.1 Å². The smallest absolute Gasteiger partial charge is 0.0615 e. The first-order valence-corrected chi connectivity index (χ1v) is 4.97. The van der Waals surface area contributed by atoms with Gasteiger partial charge >= 0.3 is 0 Å². The molecule has 0 unspecified atom stereocenters. The molecule has 1 nitrogen and oxygen atoms in total. The maximum atomic E-state index is 8.91. The highest BCUT2D eigenvalue weighted by atomic mass is 16.2. The molecule has 2 aliphatic rings. The van der Waals surface area contributed by atoms with Crippen molar-refractivity contribution in [3.05, 3.63) is 11.6 Å². The molecular weight excluding hydrogens is 148 g/mol. The molecule has 12 heavy (non-hydrogen) atoms. The molecule has 1 N–H and O–H groups in total. The Morgan fingerprint density at radius 2 is 2.25 bits per heavy atom. The quantitative estimate of drug-likeness (QED) is 0.593. The van der Waals surface area contributed by atoms with E-state index in [9.17, 15) is 0 Å². The lowest BCUT2D eigenvalue weighted by Gasteiger charge is -2.32. The van der Waals surface area contributed by atoms with Crippen molar-refractivity contribution >= 4 is 0 Å². The van der Waals surface area contributed by atoms with Crippen LogP contribution in [0.25, 0.3) is 0 Å². The summed E-state index contributed by atoms with van der Waals surface area (Å²) >= 11 is 0. The highest BCUT2D eigenvalue weighted by Gasteiger charge is 2.48. The Kier molecular flexibility index (Phi) is 1.80. The second kappa shape index (κ2) is 2.59. The fourth-order valence-electron chi connectivity index (χ4n) is 3.21. The Labute approximate surface area is 74.5 Å². The average molecular weight is 166 g/mol. The van der Waals surface area contributed by atoms with Crippen molar-refractivity contribution in [1.29, 1.82) is 0 Å². The molecule has 0 radical (unpaired) electrons. The topological polar surface area (TPSA) is 20.2 Å². The summed E-state index contributed by atoms with van der Waals surface area (Å²) in [5.41, 5.74) is 1.91. The number of hydrogen-bond donors (Lipinski definition) is 1. The maximum absolute atomic E-state index is 8.91. The van der Waals surface area contributed by atoms with Crippen LogP contribution in [-0.4, -0.2) is 11.7 Å². The van der Waals surface area contributed by atoms with Gasteiger partial charge in [0.05, 0.1) is 6.61 Å². The molecule has 2 rings (SSSR count). The zero-order chi connectivity index (χ0) is 8.77. The molecule has 0 aromatic carbocycles. The summed E-state index contributed by atoms with van der Waals surface area (Å²) in [5.74, 6) is 1.69. The molecule has 0 saturated heterocycles. The number of rotatable bonds is 1.